The Morgan fingerprint density at radius 3 is 1.47 bits per heavy atom. The molecular weight excluding hydrogens is 617 g/mol. The summed E-state index contributed by atoms with van der Waals surface area (Å²) in [4.78, 5) is 0. The molecule has 0 aliphatic carbocycles. The number of allylic oxidation sites excluding steroid dienone is 2. The molecule has 0 radical (unpaired) electrons. The fraction of sp³-hybridized carbons (Fsp3) is 0.184. The Hall–Kier alpha value is -5.60. The molecule has 0 aliphatic rings. The summed E-state index contributed by atoms with van der Waals surface area (Å²) in [5, 5.41) is 1.28. The Labute approximate surface area is 304 Å². The van der Waals surface area contributed by atoms with Crippen LogP contribution in [-0.2, 0) is 5.41 Å². The first kappa shape index (κ1) is 33.9. The van der Waals surface area contributed by atoms with Crippen LogP contribution in [0.5, 0.6) is 0 Å². The van der Waals surface area contributed by atoms with Gasteiger partial charge in [0.05, 0.1) is 22.6 Å². The second-order valence-electron chi connectivity index (χ2n) is 15.6. The third-order valence-electron chi connectivity index (χ3n) is 9.59. The Bertz CT molecular complexity index is 2270. The minimum Gasteiger partial charge on any atom is -0.309 e. The van der Waals surface area contributed by atoms with Crippen LogP contribution in [0.3, 0.4) is 0 Å². The highest BCUT2D eigenvalue weighted by Crippen LogP contribution is 2.37. The summed E-state index contributed by atoms with van der Waals surface area (Å²) >= 11 is 0. The van der Waals surface area contributed by atoms with Gasteiger partial charge in [0.1, 0.15) is 0 Å². The summed E-state index contributed by atoms with van der Waals surface area (Å²) in [5.41, 5.74) is 14.6. The Balaban J connectivity index is 1.28. The van der Waals surface area contributed by atoms with E-state index < -0.39 is 0 Å². The molecule has 0 spiro atoms. The maximum absolute atomic E-state index is 2.42. The van der Waals surface area contributed by atoms with Crippen molar-refractivity contribution in [1.29, 1.82) is 0 Å². The van der Waals surface area contributed by atoms with Crippen molar-refractivity contribution >= 4 is 23.1 Å². The molecule has 2 nitrogen and oxygen atoms in total. The van der Waals surface area contributed by atoms with Crippen LogP contribution >= 0.6 is 0 Å². The van der Waals surface area contributed by atoms with Crippen molar-refractivity contribution < 1.29 is 0 Å². The standard InChI is InChI=1S/C49H48N2/c1-8-15-46-42(32-33-48(2,3)4)43-34-39(49(5,6)7)24-29-47(43)51(46)41-27-22-36(23-28-41)35-20-25-40(26-21-35)50-44(37-16-11-9-12-17-37)30-31-45(50)38-18-13-10-14-19-38/h8-34H,1-7H3/b15-8-,33-32+. The Kier molecular flexibility index (Phi) is 9.04. The fourth-order valence-electron chi connectivity index (χ4n) is 6.90. The number of nitrogens with zero attached hydrogens (tertiary/aromatic N) is 2. The van der Waals surface area contributed by atoms with Crippen LogP contribution in [0.2, 0.25) is 0 Å². The van der Waals surface area contributed by atoms with Gasteiger partial charge in [-0.3, -0.25) is 0 Å². The van der Waals surface area contributed by atoms with Crippen LogP contribution < -0.4 is 0 Å². The number of hydrogen-bond donors (Lipinski definition) is 0. The van der Waals surface area contributed by atoms with Crippen LogP contribution in [0.25, 0.3) is 68.1 Å². The second-order valence-corrected chi connectivity index (χ2v) is 15.6. The van der Waals surface area contributed by atoms with Gasteiger partial charge in [0, 0.05) is 22.3 Å². The zero-order valence-electron chi connectivity index (χ0n) is 31.0. The normalized spacial score (nSPS) is 12.5. The van der Waals surface area contributed by atoms with Crippen LogP contribution in [0.4, 0.5) is 0 Å². The Morgan fingerprint density at radius 2 is 1.00 bits per heavy atom. The van der Waals surface area contributed by atoms with Crippen molar-refractivity contribution in [3.63, 3.8) is 0 Å². The quantitative estimate of drug-likeness (QED) is 0.160. The van der Waals surface area contributed by atoms with E-state index in [1.165, 1.54) is 61.4 Å². The molecule has 0 fully saturated rings. The maximum Gasteiger partial charge on any atom is 0.0541 e. The molecule has 2 heterocycles. The third kappa shape index (κ3) is 6.92. The smallest absolute Gasteiger partial charge is 0.0541 e. The van der Waals surface area contributed by atoms with E-state index >= 15 is 0 Å². The summed E-state index contributed by atoms with van der Waals surface area (Å²) in [5.74, 6) is 0. The van der Waals surface area contributed by atoms with Crippen molar-refractivity contribution in [3.8, 4) is 45.0 Å². The molecule has 0 N–H and O–H groups in total. The van der Waals surface area contributed by atoms with Crippen molar-refractivity contribution in [2.45, 2.75) is 53.9 Å². The van der Waals surface area contributed by atoms with E-state index in [1.807, 2.05) is 0 Å². The third-order valence-corrected chi connectivity index (χ3v) is 9.59. The lowest BCUT2D eigenvalue weighted by Gasteiger charge is -2.19. The van der Waals surface area contributed by atoms with Gasteiger partial charge in [-0.25, -0.2) is 0 Å². The lowest BCUT2D eigenvalue weighted by atomic mass is 9.86. The molecule has 0 bridgehead atoms. The maximum atomic E-state index is 2.42. The average molecular weight is 665 g/mol. The van der Waals surface area contributed by atoms with Gasteiger partial charge in [-0.2, -0.15) is 0 Å². The molecule has 0 aliphatic heterocycles. The first-order valence-corrected chi connectivity index (χ1v) is 18.1. The zero-order valence-corrected chi connectivity index (χ0v) is 31.0. The van der Waals surface area contributed by atoms with E-state index in [9.17, 15) is 0 Å². The lowest BCUT2D eigenvalue weighted by molar-refractivity contribution is 0.547. The van der Waals surface area contributed by atoms with Gasteiger partial charge in [-0.1, -0.05) is 151 Å². The summed E-state index contributed by atoms with van der Waals surface area (Å²) in [7, 11) is 0. The lowest BCUT2D eigenvalue weighted by Crippen LogP contribution is -2.10. The molecule has 0 saturated heterocycles. The second kappa shape index (κ2) is 13.6. The predicted molar refractivity (Wildman–Crippen MR) is 221 cm³/mol. The molecule has 254 valence electrons. The summed E-state index contributed by atoms with van der Waals surface area (Å²) in [6.45, 7) is 15.7. The molecule has 51 heavy (non-hydrogen) atoms. The van der Waals surface area contributed by atoms with Crippen molar-refractivity contribution in [3.05, 3.63) is 168 Å². The monoisotopic (exact) mass is 664 g/mol. The van der Waals surface area contributed by atoms with Gasteiger partial charge in [0.2, 0.25) is 0 Å². The highest BCUT2D eigenvalue weighted by molar-refractivity contribution is 5.96. The van der Waals surface area contributed by atoms with E-state index in [0.29, 0.717) is 0 Å². The highest BCUT2D eigenvalue weighted by atomic mass is 15.0. The molecule has 0 unspecified atom stereocenters. The van der Waals surface area contributed by atoms with E-state index in [4.69, 9.17) is 0 Å². The molecule has 2 aromatic heterocycles. The largest absolute Gasteiger partial charge is 0.309 e. The van der Waals surface area contributed by atoms with Crippen LogP contribution in [-0.4, -0.2) is 9.13 Å². The van der Waals surface area contributed by atoms with Crippen molar-refractivity contribution in [2.24, 2.45) is 5.41 Å². The average Bonchev–Trinajstić information content (AvgIpc) is 3.70. The number of benzene rings is 5. The van der Waals surface area contributed by atoms with E-state index in [0.717, 1.165) is 11.4 Å². The molecule has 0 amide bonds. The highest BCUT2D eigenvalue weighted by Gasteiger charge is 2.21. The molecule has 7 aromatic rings. The minimum absolute atomic E-state index is 0.0623. The topological polar surface area (TPSA) is 9.86 Å². The summed E-state index contributed by atoms with van der Waals surface area (Å²) in [6.07, 6.45) is 9.06. The van der Waals surface area contributed by atoms with Gasteiger partial charge >= 0.3 is 0 Å². The summed E-state index contributed by atoms with van der Waals surface area (Å²) in [6, 6.07) is 50.7. The van der Waals surface area contributed by atoms with Crippen molar-refractivity contribution in [1.82, 2.24) is 9.13 Å². The Morgan fingerprint density at radius 1 is 0.490 bits per heavy atom. The minimum atomic E-state index is 0.0623. The van der Waals surface area contributed by atoms with Crippen LogP contribution in [0.15, 0.2) is 152 Å². The number of hydrogen-bond acceptors (Lipinski definition) is 0. The van der Waals surface area contributed by atoms with Crippen LogP contribution in [0.1, 0.15) is 65.3 Å². The van der Waals surface area contributed by atoms with E-state index in [-0.39, 0.29) is 10.8 Å². The van der Waals surface area contributed by atoms with Gasteiger partial charge < -0.3 is 9.13 Å². The molecular formula is C49H48N2. The van der Waals surface area contributed by atoms with Gasteiger partial charge in [0.25, 0.3) is 0 Å². The molecule has 0 saturated carbocycles. The first-order chi connectivity index (χ1) is 24.5. The van der Waals surface area contributed by atoms with E-state index in [2.05, 4.69) is 221 Å². The number of rotatable bonds is 7. The first-order valence-electron chi connectivity index (χ1n) is 18.1. The number of fused-ring (bicyclic) bond motifs is 1. The molecule has 7 rings (SSSR count). The van der Waals surface area contributed by atoms with E-state index in [1.54, 1.807) is 0 Å². The predicted octanol–water partition coefficient (Wildman–Crippen LogP) is 13.8. The van der Waals surface area contributed by atoms with Gasteiger partial charge in [0.15, 0.2) is 0 Å². The van der Waals surface area contributed by atoms with Gasteiger partial charge in [-0.05, 0) is 100 Å². The molecule has 0 atom stereocenters. The summed E-state index contributed by atoms with van der Waals surface area (Å²) < 4.78 is 4.79. The SMILES string of the molecule is C/C=C\c1c(/C=C/C(C)(C)C)c2cc(C(C)(C)C)ccc2n1-c1ccc(-c2ccc(-n3c(-c4ccccc4)ccc3-c3ccccc3)cc2)cc1. The molecule has 2 heteroatoms. The zero-order chi connectivity index (χ0) is 35.8. The van der Waals surface area contributed by atoms with Gasteiger partial charge in [-0.15, -0.1) is 0 Å². The molecule has 5 aromatic carbocycles. The fourth-order valence-corrected chi connectivity index (χ4v) is 6.90. The van der Waals surface area contributed by atoms with Crippen molar-refractivity contribution in [2.75, 3.05) is 0 Å². The number of aromatic nitrogens is 2. The van der Waals surface area contributed by atoms with Crippen LogP contribution in [0, 0.1) is 5.41 Å².